The molecule has 1 aliphatic carbocycles. The molecule has 5 nitrogen and oxygen atoms in total. The predicted octanol–water partition coefficient (Wildman–Crippen LogP) is 4.25. The van der Waals surface area contributed by atoms with E-state index in [2.05, 4.69) is 13.0 Å². The normalized spacial score (nSPS) is 24.0. The van der Waals surface area contributed by atoms with Crippen molar-refractivity contribution in [1.82, 2.24) is 0 Å². The molecule has 0 aromatic rings. The summed E-state index contributed by atoms with van der Waals surface area (Å²) in [6.07, 6.45) is 11.6. The molecule has 1 rings (SSSR count). The Labute approximate surface area is 157 Å². The largest absolute Gasteiger partial charge is 0.481 e. The minimum absolute atomic E-state index is 0.104. The maximum Gasteiger partial charge on any atom is 0.303 e. The Morgan fingerprint density at radius 3 is 2.65 bits per heavy atom. The number of aliphatic carboxylic acids is 1. The number of hydrogen-bond acceptors (Lipinski definition) is 4. The molecule has 0 aliphatic heterocycles. The molecule has 1 aliphatic rings. The Morgan fingerprint density at radius 1 is 1.27 bits per heavy atom. The van der Waals surface area contributed by atoms with Gasteiger partial charge >= 0.3 is 5.97 Å². The number of unbranched alkanes of at least 4 members (excludes halogenated alkanes) is 5. The molecule has 26 heavy (non-hydrogen) atoms. The van der Waals surface area contributed by atoms with Crippen LogP contribution in [0.25, 0.3) is 0 Å². The number of hydrogen-bond donors (Lipinski definition) is 2. The Hall–Kier alpha value is -1.67. The number of carboxylic acid groups (broad SMARTS) is 1. The van der Waals surface area contributed by atoms with Gasteiger partial charge in [-0.15, -0.1) is 0 Å². The van der Waals surface area contributed by atoms with Gasteiger partial charge in [-0.25, -0.2) is 0 Å². The molecule has 0 saturated heterocycles. The lowest BCUT2D eigenvalue weighted by Crippen LogP contribution is -2.16. The van der Waals surface area contributed by atoms with Crippen LogP contribution in [0.5, 0.6) is 0 Å². The van der Waals surface area contributed by atoms with Crippen molar-refractivity contribution in [1.29, 1.82) is 5.26 Å². The van der Waals surface area contributed by atoms with Gasteiger partial charge in [0.15, 0.2) is 0 Å². The lowest BCUT2D eigenvalue weighted by molar-refractivity contribution is -0.137. The Bertz CT molecular complexity index is 509. The van der Waals surface area contributed by atoms with Gasteiger partial charge in [0.1, 0.15) is 5.78 Å². The third kappa shape index (κ3) is 8.14. The number of carbonyl (C=O) groups excluding carboxylic acids is 1. The summed E-state index contributed by atoms with van der Waals surface area (Å²) in [7, 11) is 0. The second kappa shape index (κ2) is 12.6. The average molecular weight is 363 g/mol. The molecule has 1 fully saturated rings. The summed E-state index contributed by atoms with van der Waals surface area (Å²) in [5.41, 5.74) is 0. The van der Waals surface area contributed by atoms with Crippen molar-refractivity contribution < 1.29 is 19.8 Å². The van der Waals surface area contributed by atoms with Crippen LogP contribution >= 0.6 is 0 Å². The van der Waals surface area contributed by atoms with E-state index in [1.54, 1.807) is 6.08 Å². The van der Waals surface area contributed by atoms with E-state index in [1.807, 2.05) is 6.08 Å². The van der Waals surface area contributed by atoms with Crippen molar-refractivity contribution >= 4 is 11.8 Å². The first kappa shape index (κ1) is 22.4. The molecule has 0 spiro atoms. The van der Waals surface area contributed by atoms with Crippen molar-refractivity contribution in [3.8, 4) is 6.07 Å². The number of rotatable bonds is 13. The second-order valence-corrected chi connectivity index (χ2v) is 7.38. The number of allylic oxidation sites excluding steroid dienone is 1. The predicted molar refractivity (Wildman–Crippen MR) is 100 cm³/mol. The molecule has 146 valence electrons. The van der Waals surface area contributed by atoms with Gasteiger partial charge in [0, 0.05) is 24.7 Å². The van der Waals surface area contributed by atoms with Crippen LogP contribution in [0.3, 0.4) is 0 Å². The van der Waals surface area contributed by atoms with Crippen molar-refractivity contribution in [2.45, 2.75) is 83.7 Å². The van der Waals surface area contributed by atoms with Gasteiger partial charge in [0.2, 0.25) is 0 Å². The van der Waals surface area contributed by atoms with Gasteiger partial charge in [-0.2, -0.15) is 5.26 Å². The number of nitrogens with zero attached hydrogens (tertiary/aromatic N) is 1. The van der Waals surface area contributed by atoms with E-state index in [0.717, 1.165) is 51.4 Å². The third-order valence-electron chi connectivity index (χ3n) is 5.24. The maximum atomic E-state index is 12.3. The zero-order chi connectivity index (χ0) is 19.4. The molecule has 0 heterocycles. The van der Waals surface area contributed by atoms with Crippen LogP contribution in [0.4, 0.5) is 0 Å². The van der Waals surface area contributed by atoms with Gasteiger partial charge in [-0.05, 0) is 19.3 Å². The highest BCUT2D eigenvalue weighted by atomic mass is 16.4. The molecular formula is C21H33NO4. The Morgan fingerprint density at radius 2 is 2.00 bits per heavy atom. The topological polar surface area (TPSA) is 98.4 Å². The van der Waals surface area contributed by atoms with E-state index in [9.17, 15) is 20.0 Å². The number of Topliss-reactive ketones (excluding diaryl/α,β-unsaturated/α-hetero) is 1. The first-order chi connectivity index (χ1) is 12.5. The summed E-state index contributed by atoms with van der Waals surface area (Å²) in [5, 5.41) is 28.0. The highest BCUT2D eigenvalue weighted by Gasteiger charge is 2.40. The fraction of sp³-hybridized carbons (Fsp3) is 0.762. The molecule has 5 heteroatoms. The lowest BCUT2D eigenvalue weighted by Gasteiger charge is -2.17. The first-order valence-electron chi connectivity index (χ1n) is 10.00. The molecule has 0 aromatic heterocycles. The summed E-state index contributed by atoms with van der Waals surface area (Å²) in [6.45, 7) is 2.12. The molecule has 1 saturated carbocycles. The maximum absolute atomic E-state index is 12.3. The number of aliphatic hydroxyl groups is 1. The van der Waals surface area contributed by atoms with E-state index in [0.29, 0.717) is 12.8 Å². The third-order valence-corrected chi connectivity index (χ3v) is 5.24. The molecule has 2 N–H and O–H groups in total. The molecule has 1 unspecified atom stereocenters. The fourth-order valence-electron chi connectivity index (χ4n) is 3.70. The summed E-state index contributed by atoms with van der Waals surface area (Å²) in [6, 6.07) is 2.25. The van der Waals surface area contributed by atoms with Crippen LogP contribution in [0, 0.1) is 29.1 Å². The minimum atomic E-state index is -0.768. The van der Waals surface area contributed by atoms with E-state index in [1.165, 1.54) is 0 Å². The van der Waals surface area contributed by atoms with Crippen molar-refractivity contribution in [2.75, 3.05) is 0 Å². The summed E-state index contributed by atoms with van der Waals surface area (Å²) in [4.78, 5) is 22.8. The van der Waals surface area contributed by atoms with Gasteiger partial charge in [0.05, 0.1) is 18.1 Å². The van der Waals surface area contributed by atoms with E-state index >= 15 is 0 Å². The van der Waals surface area contributed by atoms with E-state index in [-0.39, 0.29) is 30.0 Å². The van der Waals surface area contributed by atoms with Crippen LogP contribution in [-0.2, 0) is 9.59 Å². The average Bonchev–Trinajstić information content (AvgIpc) is 2.91. The smallest absolute Gasteiger partial charge is 0.303 e. The summed E-state index contributed by atoms with van der Waals surface area (Å²) >= 11 is 0. The van der Waals surface area contributed by atoms with Gasteiger partial charge in [-0.3, -0.25) is 9.59 Å². The fourth-order valence-corrected chi connectivity index (χ4v) is 3.70. The summed E-state index contributed by atoms with van der Waals surface area (Å²) in [5.74, 6) is -1.16. The molecule has 0 amide bonds. The number of carbonyl (C=O) groups is 2. The van der Waals surface area contributed by atoms with Crippen LogP contribution in [0.2, 0.25) is 0 Å². The molecule has 0 radical (unpaired) electrons. The van der Waals surface area contributed by atoms with E-state index in [4.69, 9.17) is 5.11 Å². The standard InChI is InChI=1S/C21H33NO4/c1-2-3-6-9-17(23)12-13-18-16(15-22)14-20(24)19(18)10-7-4-5-8-11-21(25)26/h12-13,16-19,23H,2-11,14H2,1H3,(H,25,26)/t16?,17-,18+,19-/m1/s1. The number of carboxylic acids is 1. The highest BCUT2D eigenvalue weighted by Crippen LogP contribution is 2.38. The van der Waals surface area contributed by atoms with Crippen molar-refractivity contribution in [3.05, 3.63) is 12.2 Å². The van der Waals surface area contributed by atoms with Gasteiger partial charge < -0.3 is 10.2 Å². The number of aliphatic hydroxyl groups excluding tert-OH is 1. The van der Waals surface area contributed by atoms with Crippen molar-refractivity contribution in [3.63, 3.8) is 0 Å². The Kier molecular flexibility index (Phi) is 10.9. The monoisotopic (exact) mass is 363 g/mol. The zero-order valence-corrected chi connectivity index (χ0v) is 15.9. The van der Waals surface area contributed by atoms with Crippen molar-refractivity contribution in [2.24, 2.45) is 17.8 Å². The number of ketones is 1. The first-order valence-corrected chi connectivity index (χ1v) is 10.00. The van der Waals surface area contributed by atoms with Crippen LogP contribution in [0.15, 0.2) is 12.2 Å². The van der Waals surface area contributed by atoms with E-state index < -0.39 is 12.1 Å². The molecular weight excluding hydrogens is 330 g/mol. The minimum Gasteiger partial charge on any atom is -0.481 e. The Balaban J connectivity index is 2.49. The van der Waals surface area contributed by atoms with Gasteiger partial charge in [0.25, 0.3) is 0 Å². The van der Waals surface area contributed by atoms with Crippen LogP contribution < -0.4 is 0 Å². The SMILES string of the molecule is CCCCC[C@@H](O)C=C[C@H]1C(C#N)CC(=O)[C@@H]1CCCCCCC(=O)O. The molecule has 0 bridgehead atoms. The molecule has 4 atom stereocenters. The zero-order valence-electron chi connectivity index (χ0n) is 15.9. The second-order valence-electron chi connectivity index (χ2n) is 7.38. The summed E-state index contributed by atoms with van der Waals surface area (Å²) < 4.78 is 0. The lowest BCUT2D eigenvalue weighted by atomic mass is 9.85. The number of nitriles is 1. The van der Waals surface area contributed by atoms with Crippen LogP contribution in [-0.4, -0.2) is 28.1 Å². The van der Waals surface area contributed by atoms with Crippen LogP contribution in [0.1, 0.15) is 77.6 Å². The quantitative estimate of drug-likeness (QED) is 0.376. The van der Waals surface area contributed by atoms with Gasteiger partial charge in [-0.1, -0.05) is 57.6 Å². The molecule has 0 aromatic carbocycles. The highest BCUT2D eigenvalue weighted by molar-refractivity contribution is 5.84.